The normalized spacial score (nSPS) is 12.5. The minimum absolute atomic E-state index is 0.227. The van der Waals surface area contributed by atoms with Crippen LogP contribution in [0.1, 0.15) is 26.3 Å². The number of aliphatic hydroxyl groups excluding tert-OH is 1. The summed E-state index contributed by atoms with van der Waals surface area (Å²) in [5.41, 5.74) is 0.586. The number of carbonyl (C=O) groups excluding carboxylic acids is 1. The van der Waals surface area contributed by atoms with Crippen molar-refractivity contribution >= 4 is 17.0 Å². The number of halogens is 2. The maximum atomic E-state index is 13.8. The Balaban J connectivity index is 2.12. The molecule has 7 nitrogen and oxygen atoms in total. The van der Waals surface area contributed by atoms with Crippen molar-refractivity contribution in [2.24, 2.45) is 0 Å². The van der Waals surface area contributed by atoms with Gasteiger partial charge in [-0.3, -0.25) is 9.13 Å². The van der Waals surface area contributed by atoms with E-state index in [2.05, 4.69) is 10.2 Å². The highest BCUT2D eigenvalue weighted by Gasteiger charge is 2.31. The second-order valence-corrected chi connectivity index (χ2v) is 7.27. The first-order valence-corrected chi connectivity index (χ1v) is 8.31. The Bertz CT molecular complexity index is 959. The van der Waals surface area contributed by atoms with Gasteiger partial charge in [-0.25, -0.2) is 13.6 Å². The molecule has 0 spiro atoms. The quantitative estimate of drug-likeness (QED) is 0.754. The van der Waals surface area contributed by atoms with Crippen molar-refractivity contribution in [2.75, 3.05) is 6.61 Å². The minimum Gasteiger partial charge on any atom is -0.443 e. The highest BCUT2D eigenvalue weighted by atomic mass is 19.3. The third-order valence-electron chi connectivity index (χ3n) is 3.86. The summed E-state index contributed by atoms with van der Waals surface area (Å²) in [4.78, 5) is 12.5. The van der Waals surface area contributed by atoms with Gasteiger partial charge in [0.25, 0.3) is 5.92 Å². The van der Waals surface area contributed by atoms with Crippen LogP contribution < -0.4 is 0 Å². The summed E-state index contributed by atoms with van der Waals surface area (Å²) < 4.78 is 35.8. The summed E-state index contributed by atoms with van der Waals surface area (Å²) >= 11 is 0. The molecular formula is C18H20F2N4O3. The number of hydrogen-bond donors (Lipinski definition) is 1. The summed E-state index contributed by atoms with van der Waals surface area (Å²) in [6.07, 6.45) is 2.92. The third kappa shape index (κ3) is 4.13. The Morgan fingerprint density at radius 2 is 1.89 bits per heavy atom. The van der Waals surface area contributed by atoms with Crippen LogP contribution in [0.3, 0.4) is 0 Å². The zero-order valence-corrected chi connectivity index (χ0v) is 15.2. The molecule has 144 valence electrons. The van der Waals surface area contributed by atoms with Crippen LogP contribution in [0, 0.1) is 0 Å². The predicted octanol–water partition coefficient (Wildman–Crippen LogP) is 3.18. The van der Waals surface area contributed by atoms with Crippen LogP contribution in [0.2, 0.25) is 0 Å². The van der Waals surface area contributed by atoms with E-state index >= 15 is 0 Å². The monoisotopic (exact) mass is 378 g/mol. The second kappa shape index (κ2) is 6.73. The van der Waals surface area contributed by atoms with Gasteiger partial charge in [0.1, 0.15) is 24.9 Å². The number of ether oxygens (including phenoxy) is 1. The van der Waals surface area contributed by atoms with Gasteiger partial charge in [-0.05, 0) is 44.5 Å². The van der Waals surface area contributed by atoms with Crippen molar-refractivity contribution in [1.82, 2.24) is 19.3 Å². The zero-order valence-electron chi connectivity index (χ0n) is 15.2. The minimum atomic E-state index is -3.31. The molecule has 3 rings (SSSR count). The molecule has 3 aromatic rings. The number of aromatic nitrogens is 4. The molecule has 0 saturated heterocycles. The molecule has 0 saturated carbocycles. The molecule has 0 radical (unpaired) electrons. The number of alkyl halides is 2. The zero-order chi connectivity index (χ0) is 19.8. The van der Waals surface area contributed by atoms with E-state index in [1.807, 2.05) is 0 Å². The van der Waals surface area contributed by atoms with Crippen molar-refractivity contribution in [3.63, 3.8) is 0 Å². The number of rotatable bonds is 4. The summed E-state index contributed by atoms with van der Waals surface area (Å²) in [7, 11) is 0. The maximum absolute atomic E-state index is 13.8. The second-order valence-electron chi connectivity index (χ2n) is 7.27. The molecule has 9 heteroatoms. The Morgan fingerprint density at radius 1 is 1.22 bits per heavy atom. The van der Waals surface area contributed by atoms with Gasteiger partial charge in [0.2, 0.25) is 0 Å². The van der Waals surface area contributed by atoms with Gasteiger partial charge in [-0.2, -0.15) is 0 Å². The van der Waals surface area contributed by atoms with Gasteiger partial charge in [-0.1, -0.05) is 0 Å². The van der Waals surface area contributed by atoms with Crippen molar-refractivity contribution in [3.8, 4) is 5.69 Å². The Hall–Kier alpha value is -2.81. The molecule has 0 amide bonds. The number of hydrogen-bond acceptors (Lipinski definition) is 5. The molecule has 0 aliphatic carbocycles. The van der Waals surface area contributed by atoms with Gasteiger partial charge >= 0.3 is 6.09 Å². The molecule has 1 N–H and O–H groups in total. The number of benzene rings is 1. The largest absolute Gasteiger partial charge is 0.443 e. The predicted molar refractivity (Wildman–Crippen MR) is 94.2 cm³/mol. The Kier molecular flexibility index (Phi) is 4.73. The van der Waals surface area contributed by atoms with Crippen molar-refractivity contribution in [3.05, 3.63) is 42.6 Å². The fourth-order valence-corrected chi connectivity index (χ4v) is 2.72. The maximum Gasteiger partial charge on any atom is 0.419 e. The van der Waals surface area contributed by atoms with Crippen LogP contribution in [0.4, 0.5) is 13.6 Å². The molecule has 0 atom stereocenters. The van der Waals surface area contributed by atoms with Crippen LogP contribution >= 0.6 is 0 Å². The first-order chi connectivity index (χ1) is 12.6. The van der Waals surface area contributed by atoms with Crippen molar-refractivity contribution < 1.29 is 23.4 Å². The molecule has 2 heterocycles. The van der Waals surface area contributed by atoms with Crippen molar-refractivity contribution in [2.45, 2.75) is 38.7 Å². The molecular weight excluding hydrogens is 358 g/mol. The molecule has 0 bridgehead atoms. The fourth-order valence-electron chi connectivity index (χ4n) is 2.72. The van der Waals surface area contributed by atoms with Crippen LogP contribution in [-0.2, 0) is 11.2 Å². The van der Waals surface area contributed by atoms with Gasteiger partial charge in [0.15, 0.2) is 0 Å². The van der Waals surface area contributed by atoms with Crippen LogP contribution in [0.15, 0.2) is 37.1 Å². The van der Waals surface area contributed by atoms with Crippen LogP contribution in [0.25, 0.3) is 16.6 Å². The molecule has 0 aliphatic rings. The highest BCUT2D eigenvalue weighted by molar-refractivity contribution is 5.93. The highest BCUT2D eigenvalue weighted by Crippen LogP contribution is 2.30. The van der Waals surface area contributed by atoms with E-state index in [1.165, 1.54) is 23.4 Å². The van der Waals surface area contributed by atoms with Gasteiger partial charge in [0, 0.05) is 23.7 Å². The molecule has 1 aromatic carbocycles. The summed E-state index contributed by atoms with van der Waals surface area (Å²) in [6, 6.07) is 5.04. The first kappa shape index (κ1) is 19.0. The van der Waals surface area contributed by atoms with E-state index in [1.54, 1.807) is 43.5 Å². The van der Waals surface area contributed by atoms with E-state index in [-0.39, 0.29) is 5.56 Å². The molecule has 27 heavy (non-hydrogen) atoms. The smallest absolute Gasteiger partial charge is 0.419 e. The lowest BCUT2D eigenvalue weighted by molar-refractivity contribution is -0.0486. The molecule has 0 aliphatic heterocycles. The average molecular weight is 378 g/mol. The SMILES string of the molecule is CC(C)(C)OC(=O)n1cc(CC(F)(F)CO)c2cc(-n3cnnc3)ccc21. The van der Waals surface area contributed by atoms with Gasteiger partial charge in [-0.15, -0.1) is 10.2 Å². The van der Waals surface area contributed by atoms with Crippen LogP contribution in [0.5, 0.6) is 0 Å². The number of fused-ring (bicyclic) bond motifs is 1. The number of carbonyl (C=O) groups is 1. The first-order valence-electron chi connectivity index (χ1n) is 8.31. The van der Waals surface area contributed by atoms with E-state index in [0.29, 0.717) is 16.6 Å². The summed E-state index contributed by atoms with van der Waals surface area (Å²) in [6.45, 7) is 3.89. The van der Waals surface area contributed by atoms with Gasteiger partial charge < -0.3 is 9.84 Å². The Morgan fingerprint density at radius 3 is 2.48 bits per heavy atom. The van der Waals surface area contributed by atoms with Crippen LogP contribution in [-0.4, -0.2) is 48.7 Å². The van der Waals surface area contributed by atoms with E-state index in [9.17, 15) is 13.6 Å². The van der Waals surface area contributed by atoms with E-state index in [0.717, 1.165) is 0 Å². The van der Waals surface area contributed by atoms with Gasteiger partial charge in [0.05, 0.1) is 5.52 Å². The fraction of sp³-hybridized carbons (Fsp3) is 0.389. The molecule has 0 unspecified atom stereocenters. The third-order valence-corrected chi connectivity index (χ3v) is 3.86. The van der Waals surface area contributed by atoms with E-state index in [4.69, 9.17) is 9.84 Å². The van der Waals surface area contributed by atoms with Crippen molar-refractivity contribution in [1.29, 1.82) is 0 Å². The lowest BCUT2D eigenvalue weighted by Crippen LogP contribution is -2.27. The molecule has 2 aromatic heterocycles. The standard InChI is InChI=1S/C18H20F2N4O3/c1-17(2,3)27-16(26)24-8-12(7-18(19,20)9-25)14-6-13(4-5-15(14)24)23-10-21-22-11-23/h4-6,8,10-11,25H,7,9H2,1-3H3. The lowest BCUT2D eigenvalue weighted by Gasteiger charge is -2.19. The molecule has 0 fully saturated rings. The topological polar surface area (TPSA) is 82.2 Å². The summed E-state index contributed by atoms with van der Waals surface area (Å²) in [5.74, 6) is -3.31. The number of aliphatic hydroxyl groups is 1. The Labute approximate surface area is 154 Å². The van der Waals surface area contributed by atoms with E-state index < -0.39 is 30.6 Å². The number of nitrogens with zero attached hydrogens (tertiary/aromatic N) is 4. The average Bonchev–Trinajstić information content (AvgIpc) is 3.21. The summed E-state index contributed by atoms with van der Waals surface area (Å²) in [5, 5.41) is 16.8. The lowest BCUT2D eigenvalue weighted by atomic mass is 10.1.